The van der Waals surface area contributed by atoms with Gasteiger partial charge < -0.3 is 14.0 Å². The van der Waals surface area contributed by atoms with E-state index in [9.17, 15) is 0 Å². The molecule has 0 bridgehead atoms. The summed E-state index contributed by atoms with van der Waals surface area (Å²) in [5, 5.41) is 4.61. The van der Waals surface area contributed by atoms with Crippen molar-refractivity contribution in [2.24, 2.45) is 5.92 Å². The Kier molecular flexibility index (Phi) is 6.14. The van der Waals surface area contributed by atoms with Crippen LogP contribution in [0.5, 0.6) is 5.75 Å². The van der Waals surface area contributed by atoms with Gasteiger partial charge in [-0.1, -0.05) is 30.8 Å². The van der Waals surface area contributed by atoms with Crippen LogP contribution >= 0.6 is 11.8 Å². The molecule has 2 heterocycles. The summed E-state index contributed by atoms with van der Waals surface area (Å²) < 4.78 is 16.3. The van der Waals surface area contributed by atoms with Crippen molar-refractivity contribution in [2.45, 2.75) is 38.6 Å². The minimum Gasteiger partial charge on any atom is -0.481 e. The first-order chi connectivity index (χ1) is 10.6. The topological polar surface area (TPSA) is 83.2 Å². The SMILES string of the molecule is CSc1ncc(OCc2nc([C@@H](C)OCC(C)C)no2)cn1. The Balaban J connectivity index is 1.85. The average molecular weight is 324 g/mol. The zero-order valence-corrected chi connectivity index (χ0v) is 14.0. The van der Waals surface area contributed by atoms with E-state index in [-0.39, 0.29) is 12.7 Å². The maximum absolute atomic E-state index is 5.64. The van der Waals surface area contributed by atoms with Gasteiger partial charge in [0, 0.05) is 6.61 Å². The van der Waals surface area contributed by atoms with Gasteiger partial charge in [0.25, 0.3) is 5.89 Å². The van der Waals surface area contributed by atoms with Gasteiger partial charge >= 0.3 is 0 Å². The van der Waals surface area contributed by atoms with E-state index in [0.29, 0.717) is 35.1 Å². The van der Waals surface area contributed by atoms with Crippen molar-refractivity contribution in [3.63, 3.8) is 0 Å². The Morgan fingerprint density at radius 1 is 1.23 bits per heavy atom. The van der Waals surface area contributed by atoms with Crippen LogP contribution in [0.25, 0.3) is 0 Å². The van der Waals surface area contributed by atoms with Gasteiger partial charge in [0.15, 0.2) is 23.3 Å². The lowest BCUT2D eigenvalue weighted by molar-refractivity contribution is 0.0402. The lowest BCUT2D eigenvalue weighted by atomic mass is 10.2. The molecule has 0 radical (unpaired) electrons. The van der Waals surface area contributed by atoms with Crippen LogP contribution in [0.4, 0.5) is 0 Å². The van der Waals surface area contributed by atoms with Crippen LogP contribution in [0.1, 0.15) is 38.6 Å². The van der Waals surface area contributed by atoms with Crippen LogP contribution < -0.4 is 4.74 Å². The van der Waals surface area contributed by atoms with E-state index < -0.39 is 0 Å². The third-order valence-corrected chi connectivity index (χ3v) is 3.25. The van der Waals surface area contributed by atoms with Gasteiger partial charge in [-0.2, -0.15) is 4.98 Å². The van der Waals surface area contributed by atoms with Crippen LogP contribution in [0.3, 0.4) is 0 Å². The van der Waals surface area contributed by atoms with Crippen LogP contribution in [0.15, 0.2) is 22.1 Å². The van der Waals surface area contributed by atoms with Crippen LogP contribution in [-0.2, 0) is 11.3 Å². The van der Waals surface area contributed by atoms with Crippen molar-refractivity contribution in [1.82, 2.24) is 20.1 Å². The predicted molar refractivity (Wildman–Crippen MR) is 81.6 cm³/mol. The molecule has 0 aliphatic rings. The van der Waals surface area contributed by atoms with Gasteiger partial charge in [-0.3, -0.25) is 0 Å². The highest BCUT2D eigenvalue weighted by Crippen LogP contribution is 2.16. The van der Waals surface area contributed by atoms with Crippen LogP contribution in [0, 0.1) is 5.92 Å². The molecule has 120 valence electrons. The third kappa shape index (κ3) is 4.96. The number of aromatic nitrogens is 4. The van der Waals surface area contributed by atoms with Gasteiger partial charge in [-0.05, 0) is 19.1 Å². The fourth-order valence-electron chi connectivity index (χ4n) is 1.53. The first-order valence-electron chi connectivity index (χ1n) is 7.01. The quantitative estimate of drug-likeness (QED) is 0.541. The number of hydrogen-bond acceptors (Lipinski definition) is 8. The molecule has 0 saturated carbocycles. The van der Waals surface area contributed by atoms with Gasteiger partial charge in [-0.15, -0.1) is 0 Å². The molecule has 2 aromatic heterocycles. The molecule has 0 saturated heterocycles. The standard InChI is InChI=1S/C14H20N4O3S/c1-9(2)7-19-10(3)13-17-12(21-18-13)8-20-11-5-15-14(22-4)16-6-11/h5-6,9-10H,7-8H2,1-4H3/t10-/m1/s1. The summed E-state index contributed by atoms with van der Waals surface area (Å²) in [5.41, 5.74) is 0. The lowest BCUT2D eigenvalue weighted by Crippen LogP contribution is -2.07. The summed E-state index contributed by atoms with van der Waals surface area (Å²) in [5.74, 6) is 1.93. The van der Waals surface area contributed by atoms with E-state index in [4.69, 9.17) is 14.0 Å². The number of ether oxygens (including phenoxy) is 2. The zero-order chi connectivity index (χ0) is 15.9. The molecule has 1 atom stereocenters. The van der Waals surface area contributed by atoms with Gasteiger partial charge in [0.2, 0.25) is 0 Å². The van der Waals surface area contributed by atoms with Gasteiger partial charge in [0.1, 0.15) is 6.10 Å². The summed E-state index contributed by atoms with van der Waals surface area (Å²) >= 11 is 1.47. The van der Waals surface area contributed by atoms with E-state index in [0.717, 1.165) is 0 Å². The predicted octanol–water partition coefficient (Wildman–Crippen LogP) is 2.89. The molecular formula is C14H20N4O3S. The van der Waals surface area contributed by atoms with Crippen molar-refractivity contribution >= 4 is 11.8 Å². The molecule has 22 heavy (non-hydrogen) atoms. The monoisotopic (exact) mass is 324 g/mol. The number of rotatable bonds is 8. The highest BCUT2D eigenvalue weighted by atomic mass is 32.2. The van der Waals surface area contributed by atoms with E-state index >= 15 is 0 Å². The highest BCUT2D eigenvalue weighted by Gasteiger charge is 2.15. The summed E-state index contributed by atoms with van der Waals surface area (Å²) in [4.78, 5) is 12.5. The average Bonchev–Trinajstić information content (AvgIpc) is 3.00. The molecule has 0 amide bonds. The van der Waals surface area contributed by atoms with Crippen molar-refractivity contribution in [3.8, 4) is 5.75 Å². The molecule has 0 N–H and O–H groups in total. The second-order valence-electron chi connectivity index (χ2n) is 5.11. The number of hydrogen-bond donors (Lipinski definition) is 0. The van der Waals surface area contributed by atoms with Crippen molar-refractivity contribution in [2.75, 3.05) is 12.9 Å². The van der Waals surface area contributed by atoms with E-state index in [2.05, 4.69) is 34.0 Å². The maximum atomic E-state index is 5.64. The smallest absolute Gasteiger partial charge is 0.264 e. The van der Waals surface area contributed by atoms with Crippen LogP contribution in [0.2, 0.25) is 0 Å². The minimum absolute atomic E-state index is 0.172. The molecule has 0 aliphatic carbocycles. The van der Waals surface area contributed by atoms with Crippen molar-refractivity contribution in [1.29, 1.82) is 0 Å². The fourth-order valence-corrected chi connectivity index (χ4v) is 1.85. The zero-order valence-electron chi connectivity index (χ0n) is 13.1. The normalized spacial score (nSPS) is 12.6. The number of nitrogens with zero attached hydrogens (tertiary/aromatic N) is 4. The van der Waals surface area contributed by atoms with E-state index in [1.165, 1.54) is 11.8 Å². The van der Waals surface area contributed by atoms with E-state index in [1.807, 2.05) is 13.2 Å². The van der Waals surface area contributed by atoms with Gasteiger partial charge in [-0.25, -0.2) is 9.97 Å². The second-order valence-corrected chi connectivity index (χ2v) is 5.88. The molecule has 7 nitrogen and oxygen atoms in total. The Hall–Kier alpha value is -1.67. The molecule has 0 unspecified atom stereocenters. The summed E-state index contributed by atoms with van der Waals surface area (Å²) in [6.07, 6.45) is 4.94. The summed E-state index contributed by atoms with van der Waals surface area (Å²) in [6.45, 7) is 6.90. The van der Waals surface area contributed by atoms with Gasteiger partial charge in [0.05, 0.1) is 12.4 Å². The molecular weight excluding hydrogens is 304 g/mol. The molecule has 0 aliphatic heterocycles. The van der Waals surface area contributed by atoms with Crippen molar-refractivity contribution < 1.29 is 14.0 Å². The molecule has 0 spiro atoms. The highest BCUT2D eigenvalue weighted by molar-refractivity contribution is 7.98. The first-order valence-corrected chi connectivity index (χ1v) is 8.24. The Bertz CT molecular complexity index is 574. The lowest BCUT2D eigenvalue weighted by Gasteiger charge is -2.10. The number of thioether (sulfide) groups is 1. The first kappa shape index (κ1) is 16.7. The second kappa shape index (κ2) is 8.09. The maximum Gasteiger partial charge on any atom is 0.264 e. The van der Waals surface area contributed by atoms with Crippen LogP contribution in [-0.4, -0.2) is 33.0 Å². The Morgan fingerprint density at radius 3 is 2.59 bits per heavy atom. The fraction of sp³-hybridized carbons (Fsp3) is 0.571. The van der Waals surface area contributed by atoms with E-state index in [1.54, 1.807) is 12.4 Å². The van der Waals surface area contributed by atoms with Crippen molar-refractivity contribution in [3.05, 3.63) is 24.1 Å². The molecule has 0 aromatic carbocycles. The summed E-state index contributed by atoms with van der Waals surface area (Å²) in [6, 6.07) is 0. The molecule has 0 fully saturated rings. The minimum atomic E-state index is -0.205. The Labute approximate surface area is 133 Å². The third-order valence-electron chi connectivity index (χ3n) is 2.68. The molecule has 8 heteroatoms. The Morgan fingerprint density at radius 2 is 1.95 bits per heavy atom. The summed E-state index contributed by atoms with van der Waals surface area (Å²) in [7, 11) is 0. The molecule has 2 aromatic rings. The largest absolute Gasteiger partial charge is 0.481 e. The molecule has 2 rings (SSSR count).